The summed E-state index contributed by atoms with van der Waals surface area (Å²) in [6.45, 7) is 3.84. The summed E-state index contributed by atoms with van der Waals surface area (Å²) < 4.78 is 4.80. The molecule has 0 heterocycles. The van der Waals surface area contributed by atoms with E-state index in [1.807, 2.05) is 32.0 Å². The Hall–Kier alpha value is -1.64. The van der Waals surface area contributed by atoms with Crippen molar-refractivity contribution in [3.63, 3.8) is 0 Å². The number of esters is 1. The number of hydrogen-bond donors (Lipinski definition) is 0. The molecule has 0 aliphatic heterocycles. The summed E-state index contributed by atoms with van der Waals surface area (Å²) in [4.78, 5) is 24.2. The minimum Gasteiger partial charge on any atom is -0.468 e. The van der Waals surface area contributed by atoms with E-state index in [9.17, 15) is 9.59 Å². The first-order chi connectivity index (χ1) is 8.05. The van der Waals surface area contributed by atoms with Crippen molar-refractivity contribution in [3.05, 3.63) is 34.9 Å². The largest absolute Gasteiger partial charge is 0.468 e. The lowest BCUT2D eigenvalue weighted by Crippen LogP contribution is -2.37. The Bertz CT molecular complexity index is 490. The summed E-state index contributed by atoms with van der Waals surface area (Å²) in [7, 11) is 1.33. The van der Waals surface area contributed by atoms with Gasteiger partial charge in [0.1, 0.15) is 5.41 Å². The summed E-state index contributed by atoms with van der Waals surface area (Å²) in [5.74, 6) is -0.513. The molecule has 0 spiro atoms. The molecular formula is C14H16O3. The molecular weight excluding hydrogens is 216 g/mol. The molecule has 1 aromatic rings. The summed E-state index contributed by atoms with van der Waals surface area (Å²) >= 11 is 0. The maximum atomic E-state index is 12.4. The number of Topliss-reactive ketones (excluding diaryl/α,β-unsaturated/α-hetero) is 1. The molecule has 1 aromatic carbocycles. The zero-order valence-corrected chi connectivity index (χ0v) is 10.4. The molecule has 0 saturated carbocycles. The lowest BCUT2D eigenvalue weighted by molar-refractivity contribution is -0.149. The number of methoxy groups -OCH3 is 1. The maximum absolute atomic E-state index is 12.4. The molecule has 0 radical (unpaired) electrons. The van der Waals surface area contributed by atoms with E-state index in [0.29, 0.717) is 18.4 Å². The highest BCUT2D eigenvalue weighted by atomic mass is 16.5. The molecule has 2 rings (SSSR count). The Morgan fingerprint density at radius 3 is 2.76 bits per heavy atom. The Labute approximate surface area is 101 Å². The van der Waals surface area contributed by atoms with Gasteiger partial charge in [0, 0.05) is 5.56 Å². The number of benzene rings is 1. The quantitative estimate of drug-likeness (QED) is 0.580. The van der Waals surface area contributed by atoms with Crippen LogP contribution in [-0.4, -0.2) is 18.9 Å². The highest BCUT2D eigenvalue weighted by molar-refractivity contribution is 6.16. The van der Waals surface area contributed by atoms with Gasteiger partial charge in [-0.25, -0.2) is 0 Å². The van der Waals surface area contributed by atoms with Crippen molar-refractivity contribution in [1.82, 2.24) is 0 Å². The van der Waals surface area contributed by atoms with Crippen LogP contribution in [0.2, 0.25) is 0 Å². The standard InChI is InChI=1S/C14H16O3/c1-4-14(13(16)17-3)8-10-7-9(2)5-6-11(10)12(14)15/h5-7H,4,8H2,1-3H3. The van der Waals surface area contributed by atoms with Gasteiger partial charge in [0.25, 0.3) is 0 Å². The minimum atomic E-state index is -0.995. The first-order valence-corrected chi connectivity index (χ1v) is 5.78. The van der Waals surface area contributed by atoms with Gasteiger partial charge in [-0.1, -0.05) is 30.7 Å². The van der Waals surface area contributed by atoms with Crippen molar-refractivity contribution in [2.75, 3.05) is 7.11 Å². The summed E-state index contributed by atoms with van der Waals surface area (Å²) in [6.07, 6.45) is 0.943. The molecule has 0 fully saturated rings. The molecule has 1 atom stereocenters. The van der Waals surface area contributed by atoms with Crippen LogP contribution < -0.4 is 0 Å². The van der Waals surface area contributed by atoms with Crippen molar-refractivity contribution in [2.45, 2.75) is 26.7 Å². The second-order valence-electron chi connectivity index (χ2n) is 4.59. The second-order valence-corrected chi connectivity index (χ2v) is 4.59. The van der Waals surface area contributed by atoms with E-state index in [1.165, 1.54) is 7.11 Å². The third-order valence-corrected chi connectivity index (χ3v) is 3.61. The number of fused-ring (bicyclic) bond motifs is 1. The van der Waals surface area contributed by atoms with Gasteiger partial charge in [-0.2, -0.15) is 0 Å². The summed E-state index contributed by atoms with van der Waals surface area (Å²) in [5, 5.41) is 0. The van der Waals surface area contributed by atoms with Gasteiger partial charge in [-0.15, -0.1) is 0 Å². The molecule has 0 N–H and O–H groups in total. The van der Waals surface area contributed by atoms with E-state index >= 15 is 0 Å². The van der Waals surface area contributed by atoms with Crippen molar-refractivity contribution >= 4 is 11.8 Å². The number of carbonyl (C=O) groups is 2. The Balaban J connectivity index is 2.51. The first-order valence-electron chi connectivity index (χ1n) is 5.78. The molecule has 1 aliphatic carbocycles. The number of rotatable bonds is 2. The number of ether oxygens (including phenoxy) is 1. The van der Waals surface area contributed by atoms with Crippen LogP contribution >= 0.6 is 0 Å². The highest BCUT2D eigenvalue weighted by Crippen LogP contribution is 2.40. The van der Waals surface area contributed by atoms with E-state index in [0.717, 1.165) is 11.1 Å². The number of ketones is 1. The highest BCUT2D eigenvalue weighted by Gasteiger charge is 2.50. The van der Waals surface area contributed by atoms with Gasteiger partial charge in [-0.05, 0) is 25.3 Å². The summed E-state index contributed by atoms with van der Waals surface area (Å²) in [6, 6.07) is 5.70. The van der Waals surface area contributed by atoms with Crippen LogP contribution in [0.5, 0.6) is 0 Å². The Kier molecular flexibility index (Phi) is 2.77. The molecule has 0 aromatic heterocycles. The van der Waals surface area contributed by atoms with Crippen LogP contribution in [0, 0.1) is 12.3 Å². The smallest absolute Gasteiger partial charge is 0.320 e. The first kappa shape index (κ1) is 11.8. The Morgan fingerprint density at radius 1 is 1.47 bits per heavy atom. The minimum absolute atomic E-state index is 0.0955. The van der Waals surface area contributed by atoms with Crippen LogP contribution in [-0.2, 0) is 16.0 Å². The number of carbonyl (C=O) groups excluding carboxylic acids is 2. The molecule has 0 amide bonds. The predicted molar refractivity (Wildman–Crippen MR) is 64.0 cm³/mol. The predicted octanol–water partition coefficient (Wildman–Crippen LogP) is 2.30. The topological polar surface area (TPSA) is 43.4 Å². The second kappa shape index (κ2) is 3.99. The van der Waals surface area contributed by atoms with Crippen molar-refractivity contribution < 1.29 is 14.3 Å². The van der Waals surface area contributed by atoms with Gasteiger partial charge in [0.15, 0.2) is 5.78 Å². The number of hydrogen-bond acceptors (Lipinski definition) is 3. The molecule has 3 nitrogen and oxygen atoms in total. The van der Waals surface area contributed by atoms with Gasteiger partial charge < -0.3 is 4.74 Å². The zero-order valence-electron chi connectivity index (χ0n) is 10.4. The van der Waals surface area contributed by atoms with Gasteiger partial charge >= 0.3 is 5.97 Å². The molecule has 0 bridgehead atoms. The van der Waals surface area contributed by atoms with Crippen LogP contribution in [0.15, 0.2) is 18.2 Å². The van der Waals surface area contributed by atoms with Crippen LogP contribution in [0.4, 0.5) is 0 Å². The normalized spacial score (nSPS) is 22.4. The third-order valence-electron chi connectivity index (χ3n) is 3.61. The van der Waals surface area contributed by atoms with Crippen LogP contribution in [0.1, 0.15) is 34.8 Å². The van der Waals surface area contributed by atoms with E-state index in [4.69, 9.17) is 4.74 Å². The summed E-state index contributed by atoms with van der Waals surface area (Å²) in [5.41, 5.74) is 1.74. The Morgan fingerprint density at radius 2 is 2.18 bits per heavy atom. The van der Waals surface area contributed by atoms with Crippen LogP contribution in [0.25, 0.3) is 0 Å². The fourth-order valence-corrected chi connectivity index (χ4v) is 2.54. The van der Waals surface area contributed by atoms with Crippen molar-refractivity contribution in [3.8, 4) is 0 Å². The monoisotopic (exact) mass is 232 g/mol. The SMILES string of the molecule is CCC1(C(=O)OC)Cc2cc(C)ccc2C1=O. The van der Waals surface area contributed by atoms with E-state index < -0.39 is 11.4 Å². The van der Waals surface area contributed by atoms with Crippen molar-refractivity contribution in [1.29, 1.82) is 0 Å². The van der Waals surface area contributed by atoms with Crippen LogP contribution in [0.3, 0.4) is 0 Å². The zero-order chi connectivity index (χ0) is 12.6. The number of aryl methyl sites for hydroxylation is 1. The molecule has 17 heavy (non-hydrogen) atoms. The molecule has 0 saturated heterocycles. The van der Waals surface area contributed by atoms with Gasteiger partial charge in [0.05, 0.1) is 7.11 Å². The lowest BCUT2D eigenvalue weighted by atomic mass is 9.81. The molecule has 3 heteroatoms. The van der Waals surface area contributed by atoms with Crippen molar-refractivity contribution in [2.24, 2.45) is 5.41 Å². The lowest BCUT2D eigenvalue weighted by Gasteiger charge is -2.21. The third kappa shape index (κ3) is 1.57. The molecule has 1 unspecified atom stereocenters. The van der Waals surface area contributed by atoms with Gasteiger partial charge in [-0.3, -0.25) is 9.59 Å². The fourth-order valence-electron chi connectivity index (χ4n) is 2.54. The average Bonchev–Trinajstić information content (AvgIpc) is 2.61. The average molecular weight is 232 g/mol. The maximum Gasteiger partial charge on any atom is 0.320 e. The van der Waals surface area contributed by atoms with Gasteiger partial charge in [0.2, 0.25) is 0 Å². The van der Waals surface area contributed by atoms with E-state index in [-0.39, 0.29) is 5.78 Å². The fraction of sp³-hybridized carbons (Fsp3) is 0.429. The molecule has 90 valence electrons. The van der Waals surface area contributed by atoms with E-state index in [2.05, 4.69) is 0 Å². The van der Waals surface area contributed by atoms with E-state index in [1.54, 1.807) is 0 Å². The molecule has 1 aliphatic rings.